The van der Waals surface area contributed by atoms with Crippen LogP contribution in [-0.2, 0) is 4.74 Å². The maximum absolute atomic E-state index is 11.3. The lowest BCUT2D eigenvalue weighted by Crippen LogP contribution is -2.46. The van der Waals surface area contributed by atoms with Gasteiger partial charge in [0, 0.05) is 37.8 Å². The Hall–Kier alpha value is -1.37. The Morgan fingerprint density at radius 1 is 1.22 bits per heavy atom. The van der Waals surface area contributed by atoms with Crippen molar-refractivity contribution in [1.82, 2.24) is 4.90 Å². The maximum Gasteiger partial charge on any atom is 0.293 e. The molecule has 0 bridgehead atoms. The highest BCUT2D eigenvalue weighted by Gasteiger charge is 2.30. The van der Waals surface area contributed by atoms with Gasteiger partial charge in [0.05, 0.1) is 16.0 Å². The maximum atomic E-state index is 11.3. The van der Waals surface area contributed by atoms with Crippen LogP contribution in [0.4, 0.5) is 11.4 Å². The summed E-state index contributed by atoms with van der Waals surface area (Å²) in [5, 5.41) is 15.2. The number of rotatable bonds is 6. The first-order valence-electron chi connectivity index (χ1n) is 10.0. The van der Waals surface area contributed by atoms with Gasteiger partial charge in [-0.25, -0.2) is 0 Å². The number of aryl methyl sites for hydroxylation is 1. The van der Waals surface area contributed by atoms with Crippen LogP contribution in [0.25, 0.3) is 0 Å². The average Bonchev–Trinajstić information content (AvgIpc) is 2.66. The largest absolute Gasteiger partial charge is 0.379 e. The molecular formula is C20H30ClN3O3. The van der Waals surface area contributed by atoms with E-state index in [9.17, 15) is 10.1 Å². The van der Waals surface area contributed by atoms with Crippen molar-refractivity contribution in [2.45, 2.75) is 70.6 Å². The standard InChI is InChI=1S/C20H30ClN3O3/c1-3-27-17-6-4-16(5-7-17)23-10-8-15(9-11-23)22-19-12-14(2)18(21)13-20(19)24(25)26/h12-13,15-17,22H,3-11H2,1-2H3. The molecule has 1 aliphatic heterocycles. The summed E-state index contributed by atoms with van der Waals surface area (Å²) in [7, 11) is 0. The Labute approximate surface area is 166 Å². The molecule has 0 unspecified atom stereocenters. The Balaban J connectivity index is 1.53. The third-order valence-electron chi connectivity index (χ3n) is 5.93. The SMILES string of the molecule is CCOC1CCC(N2CCC(Nc3cc(C)c(Cl)cc3[N+](=O)[O-])CC2)CC1. The molecule has 3 rings (SSSR count). The van der Waals surface area contributed by atoms with E-state index in [2.05, 4.69) is 17.1 Å². The second-order valence-electron chi connectivity index (χ2n) is 7.72. The summed E-state index contributed by atoms with van der Waals surface area (Å²) < 4.78 is 5.76. The molecule has 6 nitrogen and oxygen atoms in total. The van der Waals surface area contributed by atoms with E-state index in [1.165, 1.54) is 18.9 Å². The van der Waals surface area contributed by atoms with Gasteiger partial charge in [0.1, 0.15) is 5.69 Å². The second kappa shape index (κ2) is 9.22. The Bertz CT molecular complexity index is 654. The molecule has 1 saturated heterocycles. The van der Waals surface area contributed by atoms with E-state index in [0.29, 0.717) is 22.9 Å². The number of benzene rings is 1. The van der Waals surface area contributed by atoms with E-state index in [-0.39, 0.29) is 16.7 Å². The van der Waals surface area contributed by atoms with Crippen LogP contribution < -0.4 is 5.32 Å². The summed E-state index contributed by atoms with van der Waals surface area (Å²) in [5.74, 6) is 0. The highest BCUT2D eigenvalue weighted by Crippen LogP contribution is 2.33. The quantitative estimate of drug-likeness (QED) is 0.554. The van der Waals surface area contributed by atoms with Crippen molar-refractivity contribution in [3.05, 3.63) is 32.8 Å². The van der Waals surface area contributed by atoms with E-state index in [1.54, 1.807) is 6.07 Å². The third kappa shape index (κ3) is 5.12. The van der Waals surface area contributed by atoms with Crippen LogP contribution in [0.1, 0.15) is 51.0 Å². The van der Waals surface area contributed by atoms with Crippen LogP contribution in [0.15, 0.2) is 12.1 Å². The third-order valence-corrected chi connectivity index (χ3v) is 6.33. The Morgan fingerprint density at radius 2 is 1.89 bits per heavy atom. The lowest BCUT2D eigenvalue weighted by molar-refractivity contribution is -0.384. The number of halogens is 1. The Morgan fingerprint density at radius 3 is 2.48 bits per heavy atom. The molecule has 7 heteroatoms. The zero-order valence-corrected chi connectivity index (χ0v) is 17.0. The first-order chi connectivity index (χ1) is 13.0. The molecule has 0 radical (unpaired) electrons. The van der Waals surface area contributed by atoms with Gasteiger partial charge in [0.15, 0.2) is 0 Å². The van der Waals surface area contributed by atoms with Crippen molar-refractivity contribution in [3.63, 3.8) is 0 Å². The van der Waals surface area contributed by atoms with Gasteiger partial charge in [-0.2, -0.15) is 0 Å². The summed E-state index contributed by atoms with van der Waals surface area (Å²) >= 11 is 6.06. The molecule has 0 spiro atoms. The van der Waals surface area contributed by atoms with Crippen molar-refractivity contribution in [1.29, 1.82) is 0 Å². The van der Waals surface area contributed by atoms with Gasteiger partial charge >= 0.3 is 0 Å². The molecule has 1 aromatic rings. The molecule has 0 amide bonds. The minimum absolute atomic E-state index is 0.0577. The number of likely N-dealkylation sites (tertiary alicyclic amines) is 1. The van der Waals surface area contributed by atoms with Crippen molar-refractivity contribution in [2.24, 2.45) is 0 Å². The molecule has 2 fully saturated rings. The van der Waals surface area contributed by atoms with Gasteiger partial charge in [-0.15, -0.1) is 0 Å². The molecule has 1 aromatic carbocycles. The van der Waals surface area contributed by atoms with Crippen LogP contribution in [0.2, 0.25) is 5.02 Å². The highest BCUT2D eigenvalue weighted by atomic mass is 35.5. The van der Waals surface area contributed by atoms with Crippen LogP contribution in [0.5, 0.6) is 0 Å². The fourth-order valence-corrected chi connectivity index (χ4v) is 4.54. The van der Waals surface area contributed by atoms with Crippen LogP contribution in [0, 0.1) is 17.0 Å². The lowest BCUT2D eigenvalue weighted by atomic mass is 9.90. The first-order valence-corrected chi connectivity index (χ1v) is 10.4. The molecule has 27 heavy (non-hydrogen) atoms. The number of hydrogen-bond acceptors (Lipinski definition) is 5. The van der Waals surface area contributed by atoms with Gasteiger partial charge in [-0.3, -0.25) is 10.1 Å². The molecule has 0 atom stereocenters. The number of hydrogen-bond donors (Lipinski definition) is 1. The molecule has 1 heterocycles. The second-order valence-corrected chi connectivity index (χ2v) is 8.12. The van der Waals surface area contributed by atoms with Crippen molar-refractivity contribution >= 4 is 23.0 Å². The van der Waals surface area contributed by atoms with Gasteiger partial charge < -0.3 is 15.0 Å². The molecular weight excluding hydrogens is 366 g/mol. The molecule has 2 aliphatic rings. The fraction of sp³-hybridized carbons (Fsp3) is 0.700. The Kier molecular flexibility index (Phi) is 6.95. The van der Waals surface area contributed by atoms with Crippen molar-refractivity contribution in [2.75, 3.05) is 25.0 Å². The minimum Gasteiger partial charge on any atom is -0.379 e. The van der Waals surface area contributed by atoms with Gasteiger partial charge in [0.2, 0.25) is 0 Å². The lowest BCUT2D eigenvalue weighted by Gasteiger charge is -2.41. The summed E-state index contributed by atoms with van der Waals surface area (Å²) in [6.45, 7) is 6.83. The highest BCUT2D eigenvalue weighted by molar-refractivity contribution is 6.31. The summed E-state index contributed by atoms with van der Waals surface area (Å²) in [5.41, 5.74) is 1.49. The van der Waals surface area contributed by atoms with E-state index < -0.39 is 0 Å². The molecule has 0 aromatic heterocycles. The van der Waals surface area contributed by atoms with E-state index in [1.807, 2.05) is 6.92 Å². The average molecular weight is 396 g/mol. The topological polar surface area (TPSA) is 67.6 Å². The zero-order chi connectivity index (χ0) is 19.4. The zero-order valence-electron chi connectivity index (χ0n) is 16.2. The summed E-state index contributed by atoms with van der Waals surface area (Å²) in [6, 6.07) is 4.17. The number of anilines is 1. The van der Waals surface area contributed by atoms with Crippen LogP contribution >= 0.6 is 11.6 Å². The predicted octanol–water partition coefficient (Wildman–Crippen LogP) is 4.78. The minimum atomic E-state index is -0.362. The monoisotopic (exact) mass is 395 g/mol. The number of piperidine rings is 1. The fourth-order valence-electron chi connectivity index (χ4n) is 4.38. The van der Waals surface area contributed by atoms with E-state index >= 15 is 0 Å². The number of nitrogens with one attached hydrogen (secondary N) is 1. The summed E-state index contributed by atoms with van der Waals surface area (Å²) in [4.78, 5) is 13.6. The van der Waals surface area contributed by atoms with Crippen LogP contribution in [-0.4, -0.2) is 47.7 Å². The molecule has 1 aliphatic carbocycles. The van der Waals surface area contributed by atoms with Crippen molar-refractivity contribution in [3.8, 4) is 0 Å². The molecule has 1 saturated carbocycles. The number of nitro groups is 1. The van der Waals surface area contributed by atoms with E-state index in [0.717, 1.165) is 50.9 Å². The normalized spacial score (nSPS) is 24.7. The number of ether oxygens (including phenoxy) is 1. The van der Waals surface area contributed by atoms with Gasteiger partial charge in [0.25, 0.3) is 5.69 Å². The molecule has 1 N–H and O–H groups in total. The number of nitro benzene ring substituents is 1. The van der Waals surface area contributed by atoms with Crippen molar-refractivity contribution < 1.29 is 9.66 Å². The van der Waals surface area contributed by atoms with Gasteiger partial charge in [-0.1, -0.05) is 11.6 Å². The van der Waals surface area contributed by atoms with Gasteiger partial charge in [-0.05, 0) is 64.0 Å². The molecule has 150 valence electrons. The summed E-state index contributed by atoms with van der Waals surface area (Å²) in [6.07, 6.45) is 7.20. The predicted molar refractivity (Wildman–Crippen MR) is 109 cm³/mol. The van der Waals surface area contributed by atoms with E-state index in [4.69, 9.17) is 16.3 Å². The smallest absolute Gasteiger partial charge is 0.293 e. The van der Waals surface area contributed by atoms with Crippen LogP contribution in [0.3, 0.4) is 0 Å². The first kappa shape index (κ1) is 20.4. The number of nitrogens with zero attached hydrogens (tertiary/aromatic N) is 2.